The number of hydrogen-bond acceptors (Lipinski definition) is 5. The second kappa shape index (κ2) is 8.16. The molecule has 3 rings (SSSR count). The van der Waals surface area contributed by atoms with Crippen molar-refractivity contribution in [3.8, 4) is 11.3 Å². The first-order valence-electron chi connectivity index (χ1n) is 7.90. The SMILES string of the molecule is CCc1sc(NC(=O)c2ccc(Cl)cc2[N+](=O)[O-])nc1-c1ccc(Br)cc1. The summed E-state index contributed by atoms with van der Waals surface area (Å²) in [6, 6.07) is 11.6. The molecule has 6 nitrogen and oxygen atoms in total. The smallest absolute Gasteiger partial charge is 0.283 e. The Morgan fingerprint density at radius 2 is 2.00 bits per heavy atom. The molecule has 1 N–H and O–H groups in total. The van der Waals surface area contributed by atoms with Crippen molar-refractivity contribution in [3.63, 3.8) is 0 Å². The van der Waals surface area contributed by atoms with Gasteiger partial charge in [-0.15, -0.1) is 11.3 Å². The molecule has 0 saturated heterocycles. The number of hydrogen-bond donors (Lipinski definition) is 1. The van der Waals surface area contributed by atoms with Crippen molar-refractivity contribution < 1.29 is 9.72 Å². The molecule has 27 heavy (non-hydrogen) atoms. The monoisotopic (exact) mass is 465 g/mol. The third kappa shape index (κ3) is 4.35. The summed E-state index contributed by atoms with van der Waals surface area (Å²) in [5, 5.41) is 14.4. The second-order valence-electron chi connectivity index (χ2n) is 5.52. The van der Waals surface area contributed by atoms with Crippen LogP contribution in [0.1, 0.15) is 22.2 Å². The molecule has 0 fully saturated rings. The lowest BCUT2D eigenvalue weighted by molar-refractivity contribution is -0.385. The molecule has 0 spiro atoms. The Morgan fingerprint density at radius 1 is 1.30 bits per heavy atom. The number of halogens is 2. The average Bonchev–Trinajstić information content (AvgIpc) is 3.04. The third-order valence-electron chi connectivity index (χ3n) is 3.76. The Bertz CT molecular complexity index is 1020. The summed E-state index contributed by atoms with van der Waals surface area (Å²) in [5.41, 5.74) is 1.31. The molecule has 2 aromatic carbocycles. The van der Waals surface area contributed by atoms with E-state index in [0.29, 0.717) is 5.13 Å². The van der Waals surface area contributed by atoms with Crippen molar-refractivity contribution in [2.75, 3.05) is 5.32 Å². The van der Waals surface area contributed by atoms with E-state index < -0.39 is 10.8 Å². The maximum absolute atomic E-state index is 12.5. The van der Waals surface area contributed by atoms with Gasteiger partial charge in [0.25, 0.3) is 11.6 Å². The zero-order chi connectivity index (χ0) is 19.6. The van der Waals surface area contributed by atoms with E-state index in [9.17, 15) is 14.9 Å². The van der Waals surface area contributed by atoms with E-state index in [0.717, 1.165) is 33.1 Å². The Morgan fingerprint density at radius 3 is 2.63 bits per heavy atom. The highest BCUT2D eigenvalue weighted by atomic mass is 79.9. The molecule has 0 aliphatic rings. The molecule has 1 amide bonds. The van der Waals surface area contributed by atoms with Crippen LogP contribution in [-0.4, -0.2) is 15.8 Å². The summed E-state index contributed by atoms with van der Waals surface area (Å²) >= 11 is 10.5. The standard InChI is InChI=1S/C18H13BrClN3O3S/c1-2-15-16(10-3-5-11(19)6-4-10)21-18(27-15)22-17(24)13-8-7-12(20)9-14(13)23(25)26/h3-9H,2H2,1H3,(H,21,22,24). The number of amides is 1. The van der Waals surface area contributed by atoms with Gasteiger partial charge >= 0.3 is 0 Å². The number of nitro groups is 1. The Balaban J connectivity index is 1.92. The molecule has 0 atom stereocenters. The highest BCUT2D eigenvalue weighted by Crippen LogP contribution is 2.33. The molecule has 1 heterocycles. The van der Waals surface area contributed by atoms with E-state index in [1.165, 1.54) is 23.5 Å². The van der Waals surface area contributed by atoms with Gasteiger partial charge in [-0.05, 0) is 30.7 Å². The maximum Gasteiger partial charge on any atom is 0.283 e. The lowest BCUT2D eigenvalue weighted by Crippen LogP contribution is -2.13. The zero-order valence-electron chi connectivity index (χ0n) is 14.0. The van der Waals surface area contributed by atoms with Gasteiger partial charge in [0.15, 0.2) is 5.13 Å². The summed E-state index contributed by atoms with van der Waals surface area (Å²) < 4.78 is 0.961. The minimum Gasteiger partial charge on any atom is -0.298 e. The van der Waals surface area contributed by atoms with E-state index in [1.807, 2.05) is 31.2 Å². The van der Waals surface area contributed by atoms with Crippen LogP contribution in [0, 0.1) is 10.1 Å². The summed E-state index contributed by atoms with van der Waals surface area (Å²) in [5.74, 6) is -0.600. The van der Waals surface area contributed by atoms with E-state index in [4.69, 9.17) is 11.6 Å². The van der Waals surface area contributed by atoms with Crippen LogP contribution in [0.5, 0.6) is 0 Å². The number of aryl methyl sites for hydroxylation is 1. The second-order valence-corrected chi connectivity index (χ2v) is 7.96. The molecule has 1 aromatic heterocycles. The van der Waals surface area contributed by atoms with Crippen LogP contribution >= 0.6 is 38.9 Å². The maximum atomic E-state index is 12.5. The topological polar surface area (TPSA) is 85.1 Å². The van der Waals surface area contributed by atoms with E-state index in [2.05, 4.69) is 26.2 Å². The van der Waals surface area contributed by atoms with E-state index >= 15 is 0 Å². The molecular weight excluding hydrogens is 454 g/mol. The molecule has 0 aliphatic carbocycles. The number of nitro benzene ring substituents is 1. The van der Waals surface area contributed by atoms with Gasteiger partial charge < -0.3 is 0 Å². The van der Waals surface area contributed by atoms with Crippen LogP contribution in [0.3, 0.4) is 0 Å². The first-order chi connectivity index (χ1) is 12.9. The highest BCUT2D eigenvalue weighted by molar-refractivity contribution is 9.10. The van der Waals surface area contributed by atoms with Crippen LogP contribution in [0.2, 0.25) is 5.02 Å². The fraction of sp³-hybridized carbons (Fsp3) is 0.111. The number of anilines is 1. The highest BCUT2D eigenvalue weighted by Gasteiger charge is 2.22. The quantitative estimate of drug-likeness (QED) is 0.372. The molecular formula is C18H13BrClN3O3S. The molecule has 0 radical (unpaired) electrons. The van der Waals surface area contributed by atoms with Crippen LogP contribution in [0.15, 0.2) is 46.9 Å². The zero-order valence-corrected chi connectivity index (χ0v) is 17.2. The molecule has 0 saturated carbocycles. The normalized spacial score (nSPS) is 10.6. The first kappa shape index (κ1) is 19.5. The molecule has 0 unspecified atom stereocenters. The summed E-state index contributed by atoms with van der Waals surface area (Å²) in [4.78, 5) is 28.6. The lowest BCUT2D eigenvalue weighted by Gasteiger charge is -2.03. The van der Waals surface area contributed by atoms with Crippen LogP contribution < -0.4 is 5.32 Å². The molecule has 0 bridgehead atoms. The van der Waals surface area contributed by atoms with Crippen molar-refractivity contribution in [3.05, 3.63) is 72.5 Å². The van der Waals surface area contributed by atoms with Gasteiger partial charge in [0.05, 0.1) is 10.6 Å². The number of rotatable bonds is 5. The third-order valence-corrected chi connectivity index (χ3v) is 5.64. The van der Waals surface area contributed by atoms with Crippen molar-refractivity contribution in [1.29, 1.82) is 0 Å². The predicted octanol–water partition coefficient (Wildman–Crippen LogP) is 5.95. The van der Waals surface area contributed by atoms with E-state index in [-0.39, 0.29) is 16.3 Å². The number of nitrogens with zero attached hydrogens (tertiary/aromatic N) is 2. The summed E-state index contributed by atoms with van der Waals surface area (Å²) in [6.07, 6.45) is 0.750. The largest absolute Gasteiger partial charge is 0.298 e. The van der Waals surface area contributed by atoms with Gasteiger partial charge in [-0.2, -0.15) is 0 Å². The fourth-order valence-electron chi connectivity index (χ4n) is 2.49. The average molecular weight is 467 g/mol. The van der Waals surface area contributed by atoms with Gasteiger partial charge in [0.1, 0.15) is 5.56 Å². The molecule has 3 aromatic rings. The van der Waals surface area contributed by atoms with Crippen molar-refractivity contribution >= 4 is 55.6 Å². The molecule has 138 valence electrons. The van der Waals surface area contributed by atoms with Crippen molar-refractivity contribution in [2.45, 2.75) is 13.3 Å². The van der Waals surface area contributed by atoms with Crippen molar-refractivity contribution in [2.24, 2.45) is 0 Å². The van der Waals surface area contributed by atoms with Gasteiger partial charge in [0.2, 0.25) is 0 Å². The number of carbonyl (C=O) groups is 1. The molecule has 0 aliphatic heterocycles. The minimum absolute atomic E-state index is 0.0668. The van der Waals surface area contributed by atoms with Crippen LogP contribution in [0.25, 0.3) is 11.3 Å². The van der Waals surface area contributed by atoms with Gasteiger partial charge in [0, 0.05) is 26.0 Å². The van der Waals surface area contributed by atoms with E-state index in [1.54, 1.807) is 0 Å². The number of aromatic nitrogens is 1. The fourth-order valence-corrected chi connectivity index (χ4v) is 3.84. The number of carbonyl (C=O) groups excluding carboxylic acids is 1. The predicted molar refractivity (Wildman–Crippen MR) is 111 cm³/mol. The number of nitrogens with one attached hydrogen (secondary N) is 1. The van der Waals surface area contributed by atoms with Crippen molar-refractivity contribution in [1.82, 2.24) is 4.98 Å². The Kier molecular flexibility index (Phi) is 5.88. The van der Waals surface area contributed by atoms with Gasteiger partial charge in [-0.1, -0.05) is 46.6 Å². The number of thiazole rings is 1. The van der Waals surface area contributed by atoms with Gasteiger partial charge in [-0.25, -0.2) is 4.98 Å². The van der Waals surface area contributed by atoms with Crippen LogP contribution in [0.4, 0.5) is 10.8 Å². The summed E-state index contributed by atoms with van der Waals surface area (Å²) in [7, 11) is 0. The van der Waals surface area contributed by atoms with Gasteiger partial charge in [-0.3, -0.25) is 20.2 Å². The lowest BCUT2D eigenvalue weighted by atomic mass is 10.1. The first-order valence-corrected chi connectivity index (χ1v) is 9.88. The minimum atomic E-state index is -0.632. The summed E-state index contributed by atoms with van der Waals surface area (Å²) in [6.45, 7) is 2.01. The Hall–Kier alpha value is -2.29. The van der Waals surface area contributed by atoms with Crippen LogP contribution in [-0.2, 0) is 6.42 Å². The number of benzene rings is 2. The molecule has 9 heteroatoms. The Labute approximate surface area is 172 Å².